The summed E-state index contributed by atoms with van der Waals surface area (Å²) in [7, 11) is -7.43. The van der Waals surface area contributed by atoms with Crippen LogP contribution in [0.5, 0.6) is 0 Å². The number of benzene rings is 1. The number of sulfonamides is 2. The normalized spacial score (nSPS) is 16.1. The minimum atomic E-state index is -3.75. The van der Waals surface area contributed by atoms with Gasteiger partial charge in [-0.3, -0.25) is 0 Å². The van der Waals surface area contributed by atoms with E-state index >= 15 is 0 Å². The molecule has 0 aromatic heterocycles. The standard InChI is InChI=1S/C17H28N2O4S2/c1-13(2)11-19(12-14(3)4)25(22,23)17-7-5-6-16(10-17)24(20,21)18-15-8-9-15/h5-7,10,13-15,18H,8-9,11-12H2,1-4H3. The Labute approximate surface area is 151 Å². The van der Waals surface area contributed by atoms with Crippen molar-refractivity contribution in [1.29, 1.82) is 0 Å². The summed E-state index contributed by atoms with van der Waals surface area (Å²) in [4.78, 5) is 0.0157. The van der Waals surface area contributed by atoms with Gasteiger partial charge in [-0.25, -0.2) is 21.6 Å². The van der Waals surface area contributed by atoms with Gasteiger partial charge in [0.05, 0.1) is 9.79 Å². The van der Waals surface area contributed by atoms with E-state index in [2.05, 4.69) is 4.72 Å². The summed E-state index contributed by atoms with van der Waals surface area (Å²) in [6.07, 6.45) is 1.65. The average Bonchev–Trinajstić information content (AvgIpc) is 3.29. The SMILES string of the molecule is CC(C)CN(CC(C)C)S(=O)(=O)c1cccc(S(=O)(=O)NC2CC2)c1. The third-order valence-electron chi connectivity index (χ3n) is 3.79. The zero-order chi connectivity index (χ0) is 18.8. The molecular formula is C17H28N2O4S2. The molecule has 1 aliphatic rings. The molecule has 6 nitrogen and oxygen atoms in total. The van der Waals surface area contributed by atoms with Crippen molar-refractivity contribution in [3.8, 4) is 0 Å². The van der Waals surface area contributed by atoms with E-state index in [9.17, 15) is 16.8 Å². The summed E-state index contributed by atoms with van der Waals surface area (Å²) >= 11 is 0. The van der Waals surface area contributed by atoms with Crippen molar-refractivity contribution in [3.05, 3.63) is 24.3 Å². The Kier molecular flexibility index (Phi) is 6.30. The van der Waals surface area contributed by atoms with Crippen LogP contribution < -0.4 is 4.72 Å². The van der Waals surface area contributed by atoms with Crippen LogP contribution in [-0.4, -0.2) is 40.3 Å². The Morgan fingerprint density at radius 1 is 1.00 bits per heavy atom. The van der Waals surface area contributed by atoms with Crippen molar-refractivity contribution in [2.45, 2.75) is 56.4 Å². The number of hydrogen-bond donors (Lipinski definition) is 1. The van der Waals surface area contributed by atoms with Crippen molar-refractivity contribution in [3.63, 3.8) is 0 Å². The molecule has 0 heterocycles. The lowest BCUT2D eigenvalue weighted by atomic mass is 10.2. The van der Waals surface area contributed by atoms with Gasteiger partial charge in [0.2, 0.25) is 20.0 Å². The Hall–Kier alpha value is -0.960. The highest BCUT2D eigenvalue weighted by atomic mass is 32.2. The topological polar surface area (TPSA) is 83.6 Å². The van der Waals surface area contributed by atoms with E-state index in [0.29, 0.717) is 13.1 Å². The molecule has 1 aromatic rings. The van der Waals surface area contributed by atoms with Crippen molar-refractivity contribution >= 4 is 20.0 Å². The zero-order valence-corrected chi connectivity index (χ0v) is 16.9. The monoisotopic (exact) mass is 388 g/mol. The van der Waals surface area contributed by atoms with Crippen LogP contribution >= 0.6 is 0 Å². The highest BCUT2D eigenvalue weighted by molar-refractivity contribution is 7.90. The third kappa shape index (κ3) is 5.51. The first-order chi connectivity index (χ1) is 11.5. The summed E-state index contributed by atoms with van der Waals surface area (Å²) in [6.45, 7) is 8.65. The van der Waals surface area contributed by atoms with Crippen molar-refractivity contribution in [2.75, 3.05) is 13.1 Å². The molecular weight excluding hydrogens is 360 g/mol. The molecule has 0 atom stereocenters. The molecule has 0 bridgehead atoms. The molecule has 0 spiro atoms. The molecule has 0 saturated heterocycles. The number of nitrogens with one attached hydrogen (secondary N) is 1. The first-order valence-electron chi connectivity index (χ1n) is 8.65. The third-order valence-corrected chi connectivity index (χ3v) is 7.14. The molecule has 8 heteroatoms. The van der Waals surface area contributed by atoms with Gasteiger partial charge in [0.1, 0.15) is 0 Å². The number of rotatable bonds is 9. The summed E-state index contributed by atoms with van der Waals surface area (Å²) in [5.74, 6) is 0.356. The summed E-state index contributed by atoms with van der Waals surface area (Å²) in [6, 6.07) is 5.60. The predicted molar refractivity (Wildman–Crippen MR) is 98.2 cm³/mol. The van der Waals surface area contributed by atoms with Gasteiger partial charge in [-0.2, -0.15) is 4.31 Å². The molecule has 25 heavy (non-hydrogen) atoms. The van der Waals surface area contributed by atoms with Crippen LogP contribution in [0.3, 0.4) is 0 Å². The van der Waals surface area contributed by atoms with E-state index in [-0.39, 0.29) is 27.7 Å². The van der Waals surface area contributed by atoms with Gasteiger partial charge in [-0.1, -0.05) is 33.8 Å². The van der Waals surface area contributed by atoms with E-state index < -0.39 is 20.0 Å². The van der Waals surface area contributed by atoms with Crippen molar-refractivity contribution in [2.24, 2.45) is 11.8 Å². The first kappa shape index (κ1) is 20.4. The molecule has 0 aliphatic heterocycles. The molecule has 0 amide bonds. The van der Waals surface area contributed by atoms with Gasteiger partial charge in [0.15, 0.2) is 0 Å². The molecule has 0 radical (unpaired) electrons. The molecule has 0 unspecified atom stereocenters. The second-order valence-corrected chi connectivity index (χ2v) is 11.1. The maximum atomic E-state index is 13.0. The second kappa shape index (κ2) is 7.73. The smallest absolute Gasteiger partial charge is 0.208 e. The fourth-order valence-corrected chi connectivity index (χ4v) is 5.76. The highest BCUT2D eigenvalue weighted by Crippen LogP contribution is 2.25. The van der Waals surface area contributed by atoms with Crippen molar-refractivity contribution < 1.29 is 16.8 Å². The largest absolute Gasteiger partial charge is 0.243 e. The molecule has 1 fully saturated rings. The maximum Gasteiger partial charge on any atom is 0.243 e. The van der Waals surface area contributed by atoms with Gasteiger partial charge in [0, 0.05) is 19.1 Å². The summed E-state index contributed by atoms with van der Waals surface area (Å²) in [5, 5.41) is 0. The molecule has 1 aliphatic carbocycles. The van der Waals surface area contributed by atoms with Gasteiger partial charge >= 0.3 is 0 Å². The van der Waals surface area contributed by atoms with Crippen molar-refractivity contribution in [1.82, 2.24) is 9.03 Å². The predicted octanol–water partition coefficient (Wildman–Crippen LogP) is 2.43. The Morgan fingerprint density at radius 3 is 2.00 bits per heavy atom. The molecule has 1 N–H and O–H groups in total. The highest BCUT2D eigenvalue weighted by Gasteiger charge is 2.30. The maximum absolute atomic E-state index is 13.0. The van der Waals surface area contributed by atoms with Crippen LogP contribution in [0.15, 0.2) is 34.1 Å². The van der Waals surface area contributed by atoms with Gasteiger partial charge < -0.3 is 0 Å². The minimum absolute atomic E-state index is 0.00508. The van der Waals surface area contributed by atoms with Crippen LogP contribution in [0, 0.1) is 11.8 Å². The molecule has 142 valence electrons. The van der Waals surface area contributed by atoms with E-state index in [4.69, 9.17) is 0 Å². The van der Waals surface area contributed by atoms with Gasteiger partial charge in [0.25, 0.3) is 0 Å². The van der Waals surface area contributed by atoms with Crippen LogP contribution in [0.2, 0.25) is 0 Å². The lowest BCUT2D eigenvalue weighted by Crippen LogP contribution is -2.37. The lowest BCUT2D eigenvalue weighted by molar-refractivity contribution is 0.333. The number of hydrogen-bond acceptors (Lipinski definition) is 4. The molecule has 1 aromatic carbocycles. The van der Waals surface area contributed by atoms with Crippen LogP contribution in [0.4, 0.5) is 0 Å². The summed E-state index contributed by atoms with van der Waals surface area (Å²) in [5.41, 5.74) is 0. The Morgan fingerprint density at radius 2 is 1.52 bits per heavy atom. The number of nitrogens with zero attached hydrogens (tertiary/aromatic N) is 1. The fourth-order valence-electron chi connectivity index (χ4n) is 2.52. The van der Waals surface area contributed by atoms with E-state index in [0.717, 1.165) is 12.8 Å². The summed E-state index contributed by atoms with van der Waals surface area (Å²) < 4.78 is 54.8. The van der Waals surface area contributed by atoms with Gasteiger partial charge in [-0.15, -0.1) is 0 Å². The second-order valence-electron chi connectivity index (χ2n) is 7.48. The van der Waals surface area contributed by atoms with E-state index in [1.54, 1.807) is 0 Å². The first-order valence-corrected chi connectivity index (χ1v) is 11.6. The zero-order valence-electron chi connectivity index (χ0n) is 15.3. The quantitative estimate of drug-likeness (QED) is 0.704. The van der Waals surface area contributed by atoms with Crippen LogP contribution in [0.25, 0.3) is 0 Å². The molecule has 1 saturated carbocycles. The average molecular weight is 389 g/mol. The fraction of sp³-hybridized carbons (Fsp3) is 0.647. The van der Waals surface area contributed by atoms with Crippen LogP contribution in [0.1, 0.15) is 40.5 Å². The van der Waals surface area contributed by atoms with E-state index in [1.165, 1.54) is 28.6 Å². The lowest BCUT2D eigenvalue weighted by Gasteiger charge is -2.25. The van der Waals surface area contributed by atoms with Crippen LogP contribution in [-0.2, 0) is 20.0 Å². The van der Waals surface area contributed by atoms with E-state index in [1.807, 2.05) is 27.7 Å². The minimum Gasteiger partial charge on any atom is -0.208 e. The van der Waals surface area contributed by atoms with Gasteiger partial charge in [-0.05, 0) is 42.9 Å². The molecule has 2 rings (SSSR count). The Balaban J connectivity index is 2.35. The Bertz CT molecular complexity index is 788.